The highest BCUT2D eigenvalue weighted by molar-refractivity contribution is 5.94. The Labute approximate surface area is 136 Å². The summed E-state index contributed by atoms with van der Waals surface area (Å²) in [6.07, 6.45) is 0. The molecular weight excluding hydrogens is 298 g/mol. The second kappa shape index (κ2) is 8.99. The molecule has 1 aromatic rings. The lowest BCUT2D eigenvalue weighted by Gasteiger charge is -2.18. The second-order valence-electron chi connectivity index (χ2n) is 5.51. The van der Waals surface area contributed by atoms with E-state index in [1.54, 1.807) is 37.3 Å². The maximum atomic E-state index is 12.1. The number of anilines is 1. The molecule has 0 unspecified atom stereocenters. The molecule has 0 saturated heterocycles. The first-order valence-electron chi connectivity index (χ1n) is 7.35. The van der Waals surface area contributed by atoms with Gasteiger partial charge in [0.2, 0.25) is 11.8 Å². The molecule has 2 N–H and O–H groups in total. The molecule has 0 radical (unpaired) electrons. The zero-order valence-corrected chi connectivity index (χ0v) is 14.3. The molecule has 0 aliphatic rings. The van der Waals surface area contributed by atoms with Crippen LogP contribution in [-0.2, 0) is 9.59 Å². The van der Waals surface area contributed by atoms with E-state index in [0.29, 0.717) is 17.2 Å². The third kappa shape index (κ3) is 6.56. The van der Waals surface area contributed by atoms with Crippen molar-refractivity contribution in [3.63, 3.8) is 0 Å². The van der Waals surface area contributed by atoms with Crippen LogP contribution in [0.1, 0.15) is 13.8 Å². The van der Waals surface area contributed by atoms with Crippen LogP contribution in [0.15, 0.2) is 18.2 Å². The smallest absolute Gasteiger partial charge is 0.238 e. The van der Waals surface area contributed by atoms with Crippen molar-refractivity contribution in [3.8, 4) is 11.5 Å². The van der Waals surface area contributed by atoms with Crippen molar-refractivity contribution in [1.82, 2.24) is 10.2 Å². The third-order valence-electron chi connectivity index (χ3n) is 2.96. The molecule has 0 saturated carbocycles. The Kier molecular flexibility index (Phi) is 7.34. The number of carbonyl (C=O) groups is 2. The van der Waals surface area contributed by atoms with Crippen molar-refractivity contribution in [2.75, 3.05) is 39.7 Å². The van der Waals surface area contributed by atoms with E-state index >= 15 is 0 Å². The fourth-order valence-electron chi connectivity index (χ4n) is 2.02. The van der Waals surface area contributed by atoms with Gasteiger partial charge in [0.15, 0.2) is 0 Å². The van der Waals surface area contributed by atoms with Crippen LogP contribution in [0.25, 0.3) is 0 Å². The van der Waals surface area contributed by atoms with E-state index in [-0.39, 0.29) is 30.9 Å². The first kappa shape index (κ1) is 18.8. The number of methoxy groups -OCH3 is 2. The zero-order chi connectivity index (χ0) is 17.4. The highest BCUT2D eigenvalue weighted by Crippen LogP contribution is 2.28. The van der Waals surface area contributed by atoms with E-state index < -0.39 is 0 Å². The van der Waals surface area contributed by atoms with Crippen LogP contribution in [0.5, 0.6) is 11.5 Å². The summed E-state index contributed by atoms with van der Waals surface area (Å²) in [4.78, 5) is 25.4. The molecule has 23 heavy (non-hydrogen) atoms. The zero-order valence-electron chi connectivity index (χ0n) is 14.3. The number of likely N-dealkylation sites (N-methyl/N-ethyl adjacent to an activating group) is 1. The molecule has 0 aliphatic heterocycles. The molecule has 0 aromatic heterocycles. The van der Waals surface area contributed by atoms with Crippen LogP contribution in [-0.4, -0.2) is 57.1 Å². The summed E-state index contributed by atoms with van der Waals surface area (Å²) >= 11 is 0. The lowest BCUT2D eigenvalue weighted by Crippen LogP contribution is -2.41. The molecule has 2 amide bonds. The van der Waals surface area contributed by atoms with E-state index in [4.69, 9.17) is 9.47 Å². The van der Waals surface area contributed by atoms with Crippen molar-refractivity contribution in [1.29, 1.82) is 0 Å². The number of hydrogen-bond donors (Lipinski definition) is 2. The molecule has 0 atom stereocenters. The average molecular weight is 323 g/mol. The number of hydrogen-bond acceptors (Lipinski definition) is 5. The summed E-state index contributed by atoms with van der Waals surface area (Å²) in [5, 5.41) is 5.54. The SMILES string of the molecule is COc1ccc(OC)c(NC(=O)CN(C)CC(=O)NC(C)C)c1. The Morgan fingerprint density at radius 2 is 1.78 bits per heavy atom. The molecule has 7 nitrogen and oxygen atoms in total. The minimum Gasteiger partial charge on any atom is -0.497 e. The van der Waals surface area contributed by atoms with Gasteiger partial charge in [0.25, 0.3) is 0 Å². The van der Waals surface area contributed by atoms with Gasteiger partial charge in [0.05, 0.1) is 33.0 Å². The highest BCUT2D eigenvalue weighted by atomic mass is 16.5. The van der Waals surface area contributed by atoms with Crippen LogP contribution < -0.4 is 20.1 Å². The van der Waals surface area contributed by atoms with Crippen LogP contribution in [0.4, 0.5) is 5.69 Å². The van der Waals surface area contributed by atoms with Gasteiger partial charge in [-0.1, -0.05) is 0 Å². The third-order valence-corrected chi connectivity index (χ3v) is 2.96. The molecule has 0 heterocycles. The average Bonchev–Trinajstić information content (AvgIpc) is 2.45. The second-order valence-corrected chi connectivity index (χ2v) is 5.51. The van der Waals surface area contributed by atoms with Gasteiger partial charge < -0.3 is 20.1 Å². The number of rotatable bonds is 8. The van der Waals surface area contributed by atoms with Gasteiger partial charge in [-0.15, -0.1) is 0 Å². The van der Waals surface area contributed by atoms with E-state index in [2.05, 4.69) is 10.6 Å². The number of nitrogens with zero attached hydrogens (tertiary/aromatic N) is 1. The topological polar surface area (TPSA) is 79.9 Å². The van der Waals surface area contributed by atoms with E-state index in [1.807, 2.05) is 13.8 Å². The monoisotopic (exact) mass is 323 g/mol. The molecule has 0 aliphatic carbocycles. The molecule has 1 aromatic carbocycles. The Bertz CT molecular complexity index is 546. The minimum absolute atomic E-state index is 0.0748. The lowest BCUT2D eigenvalue weighted by atomic mass is 10.2. The normalized spacial score (nSPS) is 10.6. The van der Waals surface area contributed by atoms with E-state index in [0.717, 1.165) is 0 Å². The van der Waals surface area contributed by atoms with Gasteiger partial charge in [-0.05, 0) is 33.0 Å². The van der Waals surface area contributed by atoms with Crippen molar-refractivity contribution >= 4 is 17.5 Å². The van der Waals surface area contributed by atoms with Crippen LogP contribution in [0, 0.1) is 0 Å². The Hall–Kier alpha value is -2.28. The standard InChI is InChI=1S/C16H25N3O4/c1-11(2)17-15(20)9-19(3)10-16(21)18-13-8-12(22-4)6-7-14(13)23-5/h6-8,11H,9-10H2,1-5H3,(H,17,20)(H,18,21). The molecular formula is C16H25N3O4. The van der Waals surface area contributed by atoms with Gasteiger partial charge in [-0.25, -0.2) is 0 Å². The number of benzene rings is 1. The Balaban J connectivity index is 2.61. The Morgan fingerprint density at radius 1 is 1.13 bits per heavy atom. The van der Waals surface area contributed by atoms with Crippen molar-refractivity contribution < 1.29 is 19.1 Å². The van der Waals surface area contributed by atoms with Crippen molar-refractivity contribution in [2.45, 2.75) is 19.9 Å². The summed E-state index contributed by atoms with van der Waals surface area (Å²) in [6.45, 7) is 4.02. The molecule has 128 valence electrons. The first-order valence-corrected chi connectivity index (χ1v) is 7.35. The van der Waals surface area contributed by atoms with Gasteiger partial charge in [-0.2, -0.15) is 0 Å². The largest absolute Gasteiger partial charge is 0.497 e. The van der Waals surface area contributed by atoms with Crippen LogP contribution in [0.3, 0.4) is 0 Å². The van der Waals surface area contributed by atoms with Gasteiger partial charge in [0.1, 0.15) is 11.5 Å². The molecule has 0 bridgehead atoms. The van der Waals surface area contributed by atoms with Crippen molar-refractivity contribution in [3.05, 3.63) is 18.2 Å². The summed E-state index contributed by atoms with van der Waals surface area (Å²) < 4.78 is 10.3. The number of nitrogens with one attached hydrogen (secondary N) is 2. The number of amides is 2. The van der Waals surface area contributed by atoms with Gasteiger partial charge in [0, 0.05) is 12.1 Å². The fraction of sp³-hybridized carbons (Fsp3) is 0.500. The highest BCUT2D eigenvalue weighted by Gasteiger charge is 2.13. The molecule has 0 fully saturated rings. The van der Waals surface area contributed by atoms with Crippen molar-refractivity contribution in [2.24, 2.45) is 0 Å². The lowest BCUT2D eigenvalue weighted by molar-refractivity contribution is -0.123. The minimum atomic E-state index is -0.239. The van der Waals surface area contributed by atoms with Gasteiger partial charge in [-0.3, -0.25) is 14.5 Å². The molecule has 1 rings (SSSR count). The predicted octanol–water partition coefficient (Wildman–Crippen LogP) is 1.10. The summed E-state index contributed by atoms with van der Waals surface area (Å²) in [5.41, 5.74) is 0.525. The maximum absolute atomic E-state index is 12.1. The van der Waals surface area contributed by atoms with Crippen LogP contribution >= 0.6 is 0 Å². The molecule has 0 spiro atoms. The quantitative estimate of drug-likeness (QED) is 0.749. The molecule has 7 heteroatoms. The fourth-order valence-corrected chi connectivity index (χ4v) is 2.02. The number of carbonyl (C=O) groups excluding carboxylic acids is 2. The van der Waals surface area contributed by atoms with Gasteiger partial charge >= 0.3 is 0 Å². The predicted molar refractivity (Wildman–Crippen MR) is 89.0 cm³/mol. The Morgan fingerprint density at radius 3 is 2.35 bits per heavy atom. The van der Waals surface area contributed by atoms with Crippen LogP contribution in [0.2, 0.25) is 0 Å². The van der Waals surface area contributed by atoms with E-state index in [1.165, 1.54) is 7.11 Å². The maximum Gasteiger partial charge on any atom is 0.238 e. The summed E-state index contributed by atoms with van der Waals surface area (Å²) in [7, 11) is 4.79. The van der Waals surface area contributed by atoms with E-state index in [9.17, 15) is 9.59 Å². The first-order chi connectivity index (χ1) is 10.8. The summed E-state index contributed by atoms with van der Waals surface area (Å²) in [5.74, 6) is 0.802. The summed E-state index contributed by atoms with van der Waals surface area (Å²) in [6, 6.07) is 5.22. The number of ether oxygens (including phenoxy) is 2.